The van der Waals surface area contributed by atoms with E-state index in [1.54, 1.807) is 33.1 Å². The number of amides is 1. The molecule has 1 aliphatic carbocycles. The number of nitrogens with one attached hydrogen (secondary N) is 1. The minimum atomic E-state index is -1.53. The molecule has 0 unspecified atom stereocenters. The average Bonchev–Trinajstić information content (AvgIpc) is 2.96. The molecule has 7 heteroatoms. The zero-order chi connectivity index (χ0) is 22.5. The number of rotatable bonds is 3. The molecule has 1 saturated carbocycles. The van der Waals surface area contributed by atoms with Gasteiger partial charge in [0, 0.05) is 7.11 Å². The van der Waals surface area contributed by atoms with Crippen LogP contribution in [0, 0.1) is 31.3 Å². The van der Waals surface area contributed by atoms with Crippen LogP contribution in [0.1, 0.15) is 42.4 Å². The Hall–Kier alpha value is -2.80. The first-order valence-electron chi connectivity index (χ1n) is 10.2. The Balaban J connectivity index is 1.83. The fourth-order valence-electron chi connectivity index (χ4n) is 4.85. The van der Waals surface area contributed by atoms with Crippen molar-refractivity contribution in [3.8, 4) is 11.1 Å². The Morgan fingerprint density at radius 3 is 2.29 bits per heavy atom. The molecule has 2 N–H and O–H groups in total. The molecule has 0 bridgehead atoms. The zero-order valence-corrected chi connectivity index (χ0v) is 17.6. The average molecular weight is 431 g/mol. The highest BCUT2D eigenvalue weighted by Gasteiger charge is 2.48. The van der Waals surface area contributed by atoms with E-state index in [2.05, 4.69) is 5.32 Å². The number of halogens is 3. The fourth-order valence-corrected chi connectivity index (χ4v) is 4.85. The Labute approximate surface area is 178 Å². The van der Waals surface area contributed by atoms with Gasteiger partial charge in [0.1, 0.15) is 5.76 Å². The molecular formula is C24H24F3NO3. The van der Waals surface area contributed by atoms with Crippen molar-refractivity contribution in [2.24, 2.45) is 0 Å². The van der Waals surface area contributed by atoms with Crippen LogP contribution in [0.4, 0.5) is 13.2 Å². The summed E-state index contributed by atoms with van der Waals surface area (Å²) >= 11 is 0. The first-order chi connectivity index (χ1) is 14.7. The van der Waals surface area contributed by atoms with Crippen LogP contribution in [0.5, 0.6) is 0 Å². The Kier molecular flexibility index (Phi) is 5.33. The third-order valence-electron chi connectivity index (χ3n) is 6.61. The molecule has 1 amide bonds. The topological polar surface area (TPSA) is 58.6 Å². The summed E-state index contributed by atoms with van der Waals surface area (Å²) in [4.78, 5) is 13.0. The molecule has 4 rings (SSSR count). The van der Waals surface area contributed by atoms with Gasteiger partial charge in [-0.2, -0.15) is 0 Å². The van der Waals surface area contributed by atoms with Crippen molar-refractivity contribution in [3.05, 3.63) is 64.2 Å². The number of hydrogen-bond donors (Lipinski definition) is 2. The molecule has 31 heavy (non-hydrogen) atoms. The number of aliphatic hydroxyl groups is 1. The summed E-state index contributed by atoms with van der Waals surface area (Å²) in [5, 5.41) is 14.1. The van der Waals surface area contributed by atoms with Crippen molar-refractivity contribution < 1.29 is 27.8 Å². The smallest absolute Gasteiger partial charge is 0.256 e. The molecule has 164 valence electrons. The highest BCUT2D eigenvalue weighted by Crippen LogP contribution is 2.44. The molecule has 0 aromatic heterocycles. The van der Waals surface area contributed by atoms with Crippen LogP contribution < -0.4 is 5.32 Å². The molecule has 1 aliphatic heterocycles. The third kappa shape index (κ3) is 3.41. The molecule has 0 radical (unpaired) electrons. The van der Waals surface area contributed by atoms with E-state index in [0.29, 0.717) is 42.4 Å². The number of aliphatic hydroxyl groups excluding tert-OH is 1. The second-order valence-electron chi connectivity index (χ2n) is 8.38. The van der Waals surface area contributed by atoms with Crippen LogP contribution in [-0.2, 0) is 9.53 Å². The van der Waals surface area contributed by atoms with Crippen molar-refractivity contribution in [2.75, 3.05) is 7.11 Å². The quantitative estimate of drug-likeness (QED) is 0.664. The minimum absolute atomic E-state index is 0.00753. The van der Waals surface area contributed by atoms with Crippen LogP contribution in [-0.4, -0.2) is 29.8 Å². The number of ether oxygens (including phenoxy) is 1. The van der Waals surface area contributed by atoms with Gasteiger partial charge in [-0.1, -0.05) is 12.1 Å². The Morgan fingerprint density at radius 2 is 1.71 bits per heavy atom. The first kappa shape index (κ1) is 21.4. The molecule has 2 aromatic carbocycles. The largest absolute Gasteiger partial charge is 0.509 e. The van der Waals surface area contributed by atoms with Gasteiger partial charge in [-0.05, 0) is 79.5 Å². The van der Waals surface area contributed by atoms with E-state index in [9.17, 15) is 23.1 Å². The van der Waals surface area contributed by atoms with Crippen LogP contribution in [0.3, 0.4) is 0 Å². The van der Waals surface area contributed by atoms with Crippen LogP contribution in [0.15, 0.2) is 30.0 Å². The van der Waals surface area contributed by atoms with Crippen molar-refractivity contribution >= 4 is 11.5 Å². The molecule has 1 fully saturated rings. The summed E-state index contributed by atoms with van der Waals surface area (Å²) in [6.45, 7) is 3.52. The zero-order valence-electron chi connectivity index (χ0n) is 17.6. The Bertz CT molecular complexity index is 1080. The van der Waals surface area contributed by atoms with Gasteiger partial charge in [0.2, 0.25) is 0 Å². The van der Waals surface area contributed by atoms with E-state index >= 15 is 0 Å². The third-order valence-corrected chi connectivity index (χ3v) is 6.61. The van der Waals surface area contributed by atoms with E-state index < -0.39 is 23.0 Å². The molecule has 0 saturated heterocycles. The van der Waals surface area contributed by atoms with Crippen LogP contribution in [0.2, 0.25) is 0 Å². The number of carbonyl (C=O) groups excluding carboxylic acids is 1. The highest BCUT2D eigenvalue weighted by molar-refractivity contribution is 6.24. The number of methoxy groups -OCH3 is 1. The second-order valence-corrected chi connectivity index (χ2v) is 8.38. The van der Waals surface area contributed by atoms with E-state index in [1.165, 1.54) is 0 Å². The summed E-state index contributed by atoms with van der Waals surface area (Å²) < 4.78 is 46.5. The van der Waals surface area contributed by atoms with E-state index in [4.69, 9.17) is 4.74 Å². The molecule has 2 aromatic rings. The summed E-state index contributed by atoms with van der Waals surface area (Å²) in [5.74, 6) is -4.49. The minimum Gasteiger partial charge on any atom is -0.509 e. The molecular weight excluding hydrogens is 407 g/mol. The molecule has 1 heterocycles. The standard InChI is InChI=1S/C24H24F3NO3/c1-12-4-5-16(14-10-17(25)21(27)18(26)11-14)13(2)19(12)20-22(29)24(28-23(20)30)8-6-15(31-3)7-9-24/h4-5,10-11,15,29H,6-9H2,1-3H3,(H,28,30). The van der Waals surface area contributed by atoms with Gasteiger partial charge >= 0.3 is 0 Å². The highest BCUT2D eigenvalue weighted by atomic mass is 19.2. The number of benzene rings is 2. The van der Waals surface area contributed by atoms with Gasteiger partial charge in [0.15, 0.2) is 17.5 Å². The van der Waals surface area contributed by atoms with Gasteiger partial charge < -0.3 is 15.2 Å². The summed E-state index contributed by atoms with van der Waals surface area (Å²) in [7, 11) is 1.65. The normalized spacial score (nSPS) is 23.5. The number of carbonyl (C=O) groups is 1. The predicted octanol–water partition coefficient (Wildman–Crippen LogP) is 5.11. The van der Waals surface area contributed by atoms with Crippen LogP contribution >= 0.6 is 0 Å². The SMILES string of the molecule is COC1CCC2(CC1)NC(=O)C(c1c(C)ccc(-c3cc(F)c(F)c(F)c3)c1C)=C2O. The molecule has 4 nitrogen and oxygen atoms in total. The molecule has 1 spiro atoms. The summed E-state index contributed by atoms with van der Waals surface area (Å²) in [6.07, 6.45) is 2.62. The lowest BCUT2D eigenvalue weighted by molar-refractivity contribution is -0.116. The van der Waals surface area contributed by atoms with Crippen LogP contribution in [0.25, 0.3) is 16.7 Å². The lowest BCUT2D eigenvalue weighted by Gasteiger charge is -2.36. The number of hydrogen-bond acceptors (Lipinski definition) is 3. The van der Waals surface area contributed by atoms with Crippen molar-refractivity contribution in [2.45, 2.75) is 51.2 Å². The first-order valence-corrected chi connectivity index (χ1v) is 10.2. The second kappa shape index (κ2) is 7.71. The van der Waals surface area contributed by atoms with Gasteiger partial charge in [0.25, 0.3) is 5.91 Å². The van der Waals surface area contributed by atoms with E-state index in [-0.39, 0.29) is 28.9 Å². The fraction of sp³-hybridized carbons (Fsp3) is 0.375. The lowest BCUT2D eigenvalue weighted by Crippen LogP contribution is -2.48. The monoisotopic (exact) mass is 431 g/mol. The summed E-state index contributed by atoms with van der Waals surface area (Å²) in [5.41, 5.74) is 1.79. The van der Waals surface area contributed by atoms with Crippen molar-refractivity contribution in [1.29, 1.82) is 0 Å². The maximum absolute atomic E-state index is 13.8. The van der Waals surface area contributed by atoms with E-state index in [1.807, 2.05) is 0 Å². The maximum atomic E-state index is 13.8. The van der Waals surface area contributed by atoms with Crippen molar-refractivity contribution in [1.82, 2.24) is 5.32 Å². The van der Waals surface area contributed by atoms with Gasteiger partial charge in [-0.25, -0.2) is 13.2 Å². The Morgan fingerprint density at radius 1 is 1.10 bits per heavy atom. The van der Waals surface area contributed by atoms with Gasteiger partial charge in [0.05, 0.1) is 17.2 Å². The van der Waals surface area contributed by atoms with Gasteiger partial charge in [-0.3, -0.25) is 4.79 Å². The van der Waals surface area contributed by atoms with E-state index in [0.717, 1.165) is 17.7 Å². The maximum Gasteiger partial charge on any atom is 0.256 e. The molecule has 2 aliphatic rings. The lowest BCUT2D eigenvalue weighted by atomic mass is 9.78. The van der Waals surface area contributed by atoms with Crippen molar-refractivity contribution in [3.63, 3.8) is 0 Å². The predicted molar refractivity (Wildman–Crippen MR) is 111 cm³/mol. The van der Waals surface area contributed by atoms with Gasteiger partial charge in [-0.15, -0.1) is 0 Å². The summed E-state index contributed by atoms with van der Waals surface area (Å²) in [6, 6.07) is 5.24. The molecule has 0 atom stereocenters. The number of aryl methyl sites for hydroxylation is 1.